The smallest absolute Gasteiger partial charge is 0.220 e. The molecule has 0 radical (unpaired) electrons. The SMILES string of the molecule is CS(=O)(=S)OCCNC(=O)CCCc1ccc2ccc3cccc4ccc1c2c34. The number of aryl methyl sites for hydroxylation is 1. The van der Waals surface area contributed by atoms with Crippen molar-refractivity contribution in [1.82, 2.24) is 5.32 Å². The van der Waals surface area contributed by atoms with Gasteiger partial charge in [-0.25, -0.2) is 4.21 Å². The lowest BCUT2D eigenvalue weighted by Crippen LogP contribution is -2.27. The van der Waals surface area contributed by atoms with Crippen LogP contribution < -0.4 is 5.32 Å². The summed E-state index contributed by atoms with van der Waals surface area (Å²) in [5.74, 6) is -0.0294. The maximum Gasteiger partial charge on any atom is 0.220 e. The number of carbonyl (C=O) groups excluding carboxylic acids is 1. The Balaban J connectivity index is 1.44. The molecule has 1 N–H and O–H groups in total. The Hall–Kier alpha value is -2.28. The average molecular weight is 426 g/mol. The fourth-order valence-corrected chi connectivity index (χ4v) is 4.52. The second-order valence-corrected chi connectivity index (χ2v) is 10.8. The van der Waals surface area contributed by atoms with Crippen LogP contribution in [0.15, 0.2) is 54.6 Å². The van der Waals surface area contributed by atoms with Crippen LogP contribution in [0.2, 0.25) is 0 Å². The van der Waals surface area contributed by atoms with E-state index < -0.39 is 8.77 Å². The van der Waals surface area contributed by atoms with Crippen LogP contribution >= 0.6 is 0 Å². The Labute approximate surface area is 175 Å². The summed E-state index contributed by atoms with van der Waals surface area (Å²) in [5, 5.41) is 10.4. The van der Waals surface area contributed by atoms with Gasteiger partial charge in [-0.2, -0.15) is 0 Å². The molecule has 4 rings (SSSR count). The highest BCUT2D eigenvalue weighted by Gasteiger charge is 2.11. The van der Waals surface area contributed by atoms with Gasteiger partial charge >= 0.3 is 0 Å². The Morgan fingerprint density at radius 3 is 2.38 bits per heavy atom. The molecule has 4 aromatic rings. The monoisotopic (exact) mass is 425 g/mol. The Bertz CT molecular complexity index is 1270. The van der Waals surface area contributed by atoms with Crippen molar-refractivity contribution < 1.29 is 13.2 Å². The fraction of sp³-hybridized carbons (Fsp3) is 0.261. The molecule has 1 amide bonds. The van der Waals surface area contributed by atoms with E-state index in [0.29, 0.717) is 13.0 Å². The predicted molar refractivity (Wildman–Crippen MR) is 123 cm³/mol. The van der Waals surface area contributed by atoms with Crippen LogP contribution in [0, 0.1) is 0 Å². The van der Waals surface area contributed by atoms with Crippen molar-refractivity contribution in [2.45, 2.75) is 19.3 Å². The number of amides is 1. The van der Waals surface area contributed by atoms with Gasteiger partial charge in [-0.3, -0.25) is 8.98 Å². The van der Waals surface area contributed by atoms with E-state index in [1.54, 1.807) is 0 Å². The number of rotatable bonds is 8. The van der Waals surface area contributed by atoms with Crippen LogP contribution in [-0.2, 0) is 35.4 Å². The van der Waals surface area contributed by atoms with E-state index in [1.165, 1.54) is 44.1 Å². The number of benzene rings is 4. The summed E-state index contributed by atoms with van der Waals surface area (Å²) in [6, 6.07) is 19.5. The van der Waals surface area contributed by atoms with Gasteiger partial charge in [0.15, 0.2) is 0 Å². The van der Waals surface area contributed by atoms with Gasteiger partial charge in [0.2, 0.25) is 5.91 Å². The lowest BCUT2D eigenvalue weighted by molar-refractivity contribution is -0.121. The minimum absolute atomic E-state index is 0.0294. The minimum atomic E-state index is -2.64. The van der Waals surface area contributed by atoms with Crippen LogP contribution in [0.3, 0.4) is 0 Å². The third kappa shape index (κ3) is 4.50. The fourth-order valence-electron chi connectivity index (χ4n) is 3.92. The van der Waals surface area contributed by atoms with Gasteiger partial charge in [0, 0.05) is 30.4 Å². The van der Waals surface area contributed by atoms with Crippen molar-refractivity contribution in [3.8, 4) is 0 Å². The highest BCUT2D eigenvalue weighted by Crippen LogP contribution is 2.36. The Morgan fingerprint density at radius 1 is 1.00 bits per heavy atom. The molecule has 0 aliphatic heterocycles. The molecule has 29 heavy (non-hydrogen) atoms. The van der Waals surface area contributed by atoms with E-state index in [1.807, 2.05) is 0 Å². The molecular weight excluding hydrogens is 402 g/mol. The van der Waals surface area contributed by atoms with Crippen molar-refractivity contribution in [2.24, 2.45) is 0 Å². The molecule has 0 fully saturated rings. The summed E-state index contributed by atoms with van der Waals surface area (Å²) in [4.78, 5) is 12.0. The van der Waals surface area contributed by atoms with Gasteiger partial charge in [-0.1, -0.05) is 54.6 Å². The van der Waals surface area contributed by atoms with Crippen LogP contribution in [0.25, 0.3) is 32.3 Å². The maximum absolute atomic E-state index is 12.0. The van der Waals surface area contributed by atoms with Gasteiger partial charge in [-0.05, 0) is 50.7 Å². The third-order valence-corrected chi connectivity index (χ3v) is 6.07. The summed E-state index contributed by atoms with van der Waals surface area (Å²) >= 11 is 4.67. The van der Waals surface area contributed by atoms with Crippen molar-refractivity contribution in [3.05, 3.63) is 60.2 Å². The molecule has 6 heteroatoms. The zero-order chi connectivity index (χ0) is 20.4. The van der Waals surface area contributed by atoms with E-state index in [-0.39, 0.29) is 12.5 Å². The summed E-state index contributed by atoms with van der Waals surface area (Å²) < 4.78 is 16.3. The molecule has 1 unspecified atom stereocenters. The normalized spacial score (nSPS) is 13.8. The lowest BCUT2D eigenvalue weighted by atomic mass is 9.90. The molecule has 0 aromatic heterocycles. The summed E-state index contributed by atoms with van der Waals surface area (Å²) in [7, 11) is -2.64. The van der Waals surface area contributed by atoms with E-state index in [4.69, 9.17) is 4.18 Å². The molecule has 0 aliphatic rings. The van der Waals surface area contributed by atoms with E-state index in [2.05, 4.69) is 71.1 Å². The van der Waals surface area contributed by atoms with Gasteiger partial charge in [-0.15, -0.1) is 0 Å². The second kappa shape index (κ2) is 8.22. The quantitative estimate of drug-likeness (QED) is 0.337. The molecule has 0 aliphatic carbocycles. The van der Waals surface area contributed by atoms with Crippen molar-refractivity contribution in [2.75, 3.05) is 19.4 Å². The van der Waals surface area contributed by atoms with Crippen LogP contribution in [-0.4, -0.2) is 29.5 Å². The number of hydrogen-bond acceptors (Lipinski definition) is 4. The van der Waals surface area contributed by atoms with Crippen molar-refractivity contribution in [1.29, 1.82) is 0 Å². The summed E-state index contributed by atoms with van der Waals surface area (Å²) in [6.07, 6.45) is 3.41. The van der Waals surface area contributed by atoms with Gasteiger partial charge in [0.25, 0.3) is 0 Å². The molecule has 150 valence electrons. The zero-order valence-corrected chi connectivity index (χ0v) is 17.9. The first kappa shape index (κ1) is 20.0. The molecule has 0 saturated heterocycles. The number of hydrogen-bond donors (Lipinski definition) is 1. The second-order valence-electron chi connectivity index (χ2n) is 7.31. The van der Waals surface area contributed by atoms with Crippen molar-refractivity contribution in [3.63, 3.8) is 0 Å². The summed E-state index contributed by atoms with van der Waals surface area (Å²) in [5.41, 5.74) is 1.27. The third-order valence-electron chi connectivity index (χ3n) is 5.19. The molecule has 4 nitrogen and oxygen atoms in total. The first-order valence-electron chi connectivity index (χ1n) is 9.69. The van der Waals surface area contributed by atoms with Crippen molar-refractivity contribution >= 4 is 58.2 Å². The minimum Gasteiger partial charge on any atom is -0.354 e. The van der Waals surface area contributed by atoms with Crippen LogP contribution in [0.5, 0.6) is 0 Å². The average Bonchev–Trinajstić information content (AvgIpc) is 2.69. The molecule has 0 saturated carbocycles. The highest BCUT2D eigenvalue weighted by molar-refractivity contribution is 8.29. The summed E-state index contributed by atoms with van der Waals surface area (Å²) in [6.45, 7) is 0.485. The molecule has 0 spiro atoms. The standard InChI is InChI=1S/C23H23NO3S2/c1-29(26,28)27-15-14-24-21(25)7-3-4-16-8-9-19-11-10-17-5-2-6-18-12-13-20(16)23(19)22(17)18/h2,5-6,8-13H,3-4,7,14-15H2,1H3,(H,24,25). The van der Waals surface area contributed by atoms with Crippen LogP contribution in [0.1, 0.15) is 18.4 Å². The first-order valence-corrected chi connectivity index (χ1v) is 12.5. The molecular formula is C23H23NO3S2. The van der Waals surface area contributed by atoms with Gasteiger partial charge in [0.05, 0.1) is 6.61 Å². The predicted octanol–water partition coefficient (Wildman–Crippen LogP) is 4.33. The van der Waals surface area contributed by atoms with E-state index in [9.17, 15) is 9.00 Å². The largest absolute Gasteiger partial charge is 0.354 e. The first-order chi connectivity index (χ1) is 13.9. The topological polar surface area (TPSA) is 55.4 Å². The highest BCUT2D eigenvalue weighted by atomic mass is 32.8. The van der Waals surface area contributed by atoms with E-state index >= 15 is 0 Å². The zero-order valence-electron chi connectivity index (χ0n) is 16.3. The van der Waals surface area contributed by atoms with Gasteiger partial charge < -0.3 is 5.32 Å². The maximum atomic E-state index is 12.0. The Morgan fingerprint density at radius 2 is 1.66 bits per heavy atom. The number of nitrogens with one attached hydrogen (secondary N) is 1. The lowest BCUT2D eigenvalue weighted by Gasteiger charge is -2.14. The molecule has 0 heterocycles. The Kier molecular flexibility index (Phi) is 5.67. The number of carbonyl (C=O) groups is 1. The van der Waals surface area contributed by atoms with Gasteiger partial charge in [0.1, 0.15) is 8.77 Å². The molecule has 4 aromatic carbocycles. The van der Waals surface area contributed by atoms with Crippen LogP contribution in [0.4, 0.5) is 0 Å². The molecule has 0 bridgehead atoms. The molecule has 1 atom stereocenters. The van der Waals surface area contributed by atoms with E-state index in [0.717, 1.165) is 12.8 Å².